The number of alkyl halides is 2. The second-order valence-electron chi connectivity index (χ2n) is 5.40. The van der Waals surface area contributed by atoms with E-state index in [0.29, 0.717) is 0 Å². The highest BCUT2D eigenvalue weighted by atomic mass is 19.1. The SMILES string of the molecule is CC.CC.CCCc1ccc(CF)cc1.CCCc1cccc(CF)c1. The predicted molar refractivity (Wildman–Crippen MR) is 113 cm³/mol. The molecular weight excluding hydrogens is 326 g/mol. The molecule has 0 N–H and O–H groups in total. The Balaban J connectivity index is 0. The predicted octanol–water partition coefficient (Wildman–Crippen LogP) is 8.27. The lowest BCUT2D eigenvalue weighted by Crippen LogP contribution is -1.85. The molecule has 0 atom stereocenters. The standard InChI is InChI=1S/2C10H13F.2C2H6/c1-2-4-9-5-3-6-10(7-9)8-11;1-2-3-9-4-6-10(8-11)7-5-9;2*1-2/h3,5-7H,2,4,8H2,1H3;4-7H,2-3,8H2,1H3;2*1-2H3. The van der Waals surface area contributed by atoms with Gasteiger partial charge < -0.3 is 0 Å². The number of halogens is 2. The van der Waals surface area contributed by atoms with E-state index in [0.717, 1.165) is 36.8 Å². The van der Waals surface area contributed by atoms with E-state index in [1.54, 1.807) is 0 Å². The van der Waals surface area contributed by atoms with E-state index in [2.05, 4.69) is 13.8 Å². The quantitative estimate of drug-likeness (QED) is 0.484. The topological polar surface area (TPSA) is 0 Å². The van der Waals surface area contributed by atoms with Gasteiger partial charge in [0, 0.05) is 0 Å². The molecule has 148 valence electrons. The molecule has 0 spiro atoms. The van der Waals surface area contributed by atoms with Crippen LogP contribution in [0.1, 0.15) is 76.6 Å². The molecule has 2 aromatic carbocycles. The Bertz CT molecular complexity index is 518. The highest BCUT2D eigenvalue weighted by Crippen LogP contribution is 2.08. The van der Waals surface area contributed by atoms with Crippen molar-refractivity contribution in [2.75, 3.05) is 0 Å². The van der Waals surface area contributed by atoms with Crippen LogP contribution in [0.2, 0.25) is 0 Å². The minimum Gasteiger partial charge on any atom is -0.246 e. The van der Waals surface area contributed by atoms with Crippen LogP contribution in [0.4, 0.5) is 8.78 Å². The summed E-state index contributed by atoms with van der Waals surface area (Å²) in [6.45, 7) is 11.6. The molecule has 0 radical (unpaired) electrons. The van der Waals surface area contributed by atoms with E-state index >= 15 is 0 Å². The second kappa shape index (κ2) is 19.6. The molecule has 0 heterocycles. The maximum Gasteiger partial charge on any atom is 0.115 e. The van der Waals surface area contributed by atoms with Crippen LogP contribution >= 0.6 is 0 Å². The van der Waals surface area contributed by atoms with Gasteiger partial charge in [-0.2, -0.15) is 0 Å². The summed E-state index contributed by atoms with van der Waals surface area (Å²) in [5.74, 6) is 0. The molecule has 2 heteroatoms. The van der Waals surface area contributed by atoms with Crippen molar-refractivity contribution in [3.63, 3.8) is 0 Å². The van der Waals surface area contributed by atoms with Crippen LogP contribution in [0.3, 0.4) is 0 Å². The number of rotatable bonds is 6. The molecule has 0 fully saturated rings. The first-order valence-corrected chi connectivity index (χ1v) is 10.0. The first-order valence-electron chi connectivity index (χ1n) is 10.0. The summed E-state index contributed by atoms with van der Waals surface area (Å²) in [6, 6.07) is 15.4. The molecule has 2 aromatic rings. The van der Waals surface area contributed by atoms with Gasteiger partial charge in [-0.1, -0.05) is 103 Å². The van der Waals surface area contributed by atoms with Crippen molar-refractivity contribution in [2.24, 2.45) is 0 Å². The summed E-state index contributed by atoms with van der Waals surface area (Å²) >= 11 is 0. The van der Waals surface area contributed by atoms with Crippen molar-refractivity contribution >= 4 is 0 Å². The van der Waals surface area contributed by atoms with E-state index < -0.39 is 0 Å². The van der Waals surface area contributed by atoms with E-state index in [-0.39, 0.29) is 13.3 Å². The van der Waals surface area contributed by atoms with Crippen molar-refractivity contribution in [3.8, 4) is 0 Å². The van der Waals surface area contributed by atoms with Crippen molar-refractivity contribution in [1.29, 1.82) is 0 Å². The van der Waals surface area contributed by atoms with Crippen LogP contribution in [0.25, 0.3) is 0 Å². The molecule has 26 heavy (non-hydrogen) atoms. The summed E-state index contributed by atoms with van der Waals surface area (Å²) in [4.78, 5) is 0. The number of benzene rings is 2. The summed E-state index contributed by atoms with van der Waals surface area (Å²) in [6.07, 6.45) is 4.41. The lowest BCUT2D eigenvalue weighted by atomic mass is 10.1. The van der Waals surface area contributed by atoms with Crippen molar-refractivity contribution < 1.29 is 8.78 Å². The number of hydrogen-bond donors (Lipinski definition) is 0. The maximum atomic E-state index is 12.1. The minimum absolute atomic E-state index is 0.350. The van der Waals surface area contributed by atoms with Gasteiger partial charge in [-0.05, 0) is 35.1 Å². The zero-order chi connectivity index (χ0) is 20.2. The fourth-order valence-electron chi connectivity index (χ4n) is 2.24. The molecule has 0 nitrogen and oxygen atoms in total. The van der Waals surface area contributed by atoms with Gasteiger partial charge in [-0.3, -0.25) is 0 Å². The van der Waals surface area contributed by atoms with Crippen LogP contribution in [0.5, 0.6) is 0 Å². The van der Waals surface area contributed by atoms with Crippen LogP contribution in [0, 0.1) is 0 Å². The molecule has 0 saturated heterocycles. The highest BCUT2D eigenvalue weighted by molar-refractivity contribution is 5.23. The molecule has 0 saturated carbocycles. The molecule has 0 bridgehead atoms. The Morgan fingerprint density at radius 3 is 1.46 bits per heavy atom. The zero-order valence-electron chi connectivity index (χ0n) is 17.6. The van der Waals surface area contributed by atoms with Gasteiger partial charge in [0.05, 0.1) is 0 Å². The van der Waals surface area contributed by atoms with E-state index in [1.165, 1.54) is 11.1 Å². The molecule has 2 rings (SSSR count). The van der Waals surface area contributed by atoms with Crippen molar-refractivity contribution in [1.82, 2.24) is 0 Å². The minimum atomic E-state index is -0.355. The lowest BCUT2D eigenvalue weighted by Gasteiger charge is -1.99. The van der Waals surface area contributed by atoms with Gasteiger partial charge in [-0.25, -0.2) is 8.78 Å². The normalized spacial score (nSPS) is 8.92. The third kappa shape index (κ3) is 12.6. The highest BCUT2D eigenvalue weighted by Gasteiger charge is 1.93. The van der Waals surface area contributed by atoms with Crippen molar-refractivity contribution in [3.05, 3.63) is 70.8 Å². The molecule has 0 amide bonds. The molecule has 0 aliphatic rings. The average molecular weight is 365 g/mol. The average Bonchev–Trinajstić information content (AvgIpc) is 2.73. The molecule has 0 aliphatic heterocycles. The van der Waals surface area contributed by atoms with Gasteiger partial charge in [0.25, 0.3) is 0 Å². The first kappa shape index (κ1) is 26.5. The van der Waals surface area contributed by atoms with Crippen molar-refractivity contribution in [2.45, 2.75) is 80.6 Å². The summed E-state index contributed by atoms with van der Waals surface area (Å²) in [7, 11) is 0. The fourth-order valence-corrected chi connectivity index (χ4v) is 2.24. The zero-order valence-corrected chi connectivity index (χ0v) is 17.6. The largest absolute Gasteiger partial charge is 0.246 e. The second-order valence-corrected chi connectivity index (χ2v) is 5.40. The Morgan fingerprint density at radius 1 is 0.577 bits per heavy atom. The Labute approximate surface area is 160 Å². The van der Waals surface area contributed by atoms with Crippen LogP contribution in [0.15, 0.2) is 48.5 Å². The van der Waals surface area contributed by atoms with Gasteiger partial charge in [0.2, 0.25) is 0 Å². The summed E-state index contributed by atoms with van der Waals surface area (Å²) < 4.78 is 24.2. The third-order valence-electron chi connectivity index (χ3n) is 3.40. The van der Waals surface area contributed by atoms with Gasteiger partial charge >= 0.3 is 0 Å². The lowest BCUT2D eigenvalue weighted by molar-refractivity contribution is 0.485. The summed E-state index contributed by atoms with van der Waals surface area (Å²) in [5, 5.41) is 0. The number of aryl methyl sites for hydroxylation is 2. The maximum absolute atomic E-state index is 12.1. The molecule has 0 aliphatic carbocycles. The third-order valence-corrected chi connectivity index (χ3v) is 3.40. The monoisotopic (exact) mass is 364 g/mol. The molecular formula is C24H38F2. The first-order chi connectivity index (χ1) is 12.7. The van der Waals surface area contributed by atoms with E-state index in [1.807, 2.05) is 76.2 Å². The summed E-state index contributed by atoms with van der Waals surface area (Å²) in [5.41, 5.74) is 4.09. The Morgan fingerprint density at radius 2 is 1.00 bits per heavy atom. The van der Waals surface area contributed by atoms with Crippen LogP contribution in [-0.2, 0) is 26.2 Å². The molecule has 0 aromatic heterocycles. The number of hydrogen-bond acceptors (Lipinski definition) is 0. The van der Waals surface area contributed by atoms with Gasteiger partial charge in [-0.15, -0.1) is 0 Å². The molecule has 0 unspecified atom stereocenters. The Kier molecular flexibility index (Phi) is 20.0. The van der Waals surface area contributed by atoms with Gasteiger partial charge in [0.15, 0.2) is 0 Å². The van der Waals surface area contributed by atoms with E-state index in [4.69, 9.17) is 0 Å². The Hall–Kier alpha value is -1.70. The smallest absolute Gasteiger partial charge is 0.115 e. The van der Waals surface area contributed by atoms with Crippen LogP contribution in [-0.4, -0.2) is 0 Å². The van der Waals surface area contributed by atoms with Crippen LogP contribution < -0.4 is 0 Å². The van der Waals surface area contributed by atoms with Gasteiger partial charge in [0.1, 0.15) is 13.3 Å². The van der Waals surface area contributed by atoms with E-state index in [9.17, 15) is 8.78 Å². The fraction of sp³-hybridized carbons (Fsp3) is 0.500.